The van der Waals surface area contributed by atoms with Crippen LogP contribution in [0.3, 0.4) is 0 Å². The fourth-order valence-electron chi connectivity index (χ4n) is 2.63. The summed E-state index contributed by atoms with van der Waals surface area (Å²) >= 11 is 0. The van der Waals surface area contributed by atoms with Gasteiger partial charge in [-0.2, -0.15) is 0 Å². The van der Waals surface area contributed by atoms with E-state index in [1.165, 1.54) is 6.20 Å². The Bertz CT molecular complexity index is 557. The molecule has 0 aromatic carbocycles. The molecular weight excluding hydrogens is 294 g/mol. The molecule has 0 aliphatic carbocycles. The van der Waals surface area contributed by atoms with Crippen LogP contribution in [0.4, 0.5) is 0 Å². The van der Waals surface area contributed by atoms with Crippen molar-refractivity contribution in [1.82, 2.24) is 9.88 Å². The Morgan fingerprint density at radius 2 is 2.13 bits per heavy atom. The number of primary amides is 1. The van der Waals surface area contributed by atoms with Crippen LogP contribution in [0, 0.1) is 11.8 Å². The second kappa shape index (κ2) is 7.44. The number of hydrogen-bond donors (Lipinski definition) is 1. The maximum atomic E-state index is 12.6. The molecular formula is C17H25N3O3. The number of likely N-dealkylation sites (tertiary alicyclic amines) is 1. The lowest BCUT2D eigenvalue weighted by atomic mass is 9.92. The third kappa shape index (κ3) is 4.43. The van der Waals surface area contributed by atoms with Crippen LogP contribution < -0.4 is 10.5 Å². The lowest BCUT2D eigenvalue weighted by Gasteiger charge is -2.36. The van der Waals surface area contributed by atoms with Gasteiger partial charge < -0.3 is 15.4 Å². The summed E-state index contributed by atoms with van der Waals surface area (Å²) in [5.41, 5.74) is 5.88. The number of ether oxygens (including phenoxy) is 1. The van der Waals surface area contributed by atoms with Gasteiger partial charge in [-0.05, 0) is 31.7 Å². The molecule has 126 valence electrons. The minimum atomic E-state index is -0.342. The molecule has 2 atom stereocenters. The van der Waals surface area contributed by atoms with E-state index in [4.69, 9.17) is 10.5 Å². The molecule has 6 nitrogen and oxygen atoms in total. The van der Waals surface area contributed by atoms with Crippen molar-refractivity contribution in [2.24, 2.45) is 17.6 Å². The topological polar surface area (TPSA) is 85.5 Å². The van der Waals surface area contributed by atoms with E-state index >= 15 is 0 Å². The minimum absolute atomic E-state index is 0.0926. The van der Waals surface area contributed by atoms with Gasteiger partial charge in [-0.25, -0.2) is 4.98 Å². The SMILES string of the molecule is CC(C)COc1ccc(C(=O)N2C[C@H](C(N)=O)CC[C@@H]2C)cn1. The van der Waals surface area contributed by atoms with E-state index in [1.807, 2.05) is 6.92 Å². The molecule has 1 aliphatic rings. The summed E-state index contributed by atoms with van der Waals surface area (Å²) in [5.74, 6) is 0.198. The fraction of sp³-hybridized carbons (Fsp3) is 0.588. The lowest BCUT2D eigenvalue weighted by molar-refractivity contribution is -0.123. The zero-order chi connectivity index (χ0) is 17.0. The van der Waals surface area contributed by atoms with Gasteiger partial charge in [-0.1, -0.05) is 13.8 Å². The van der Waals surface area contributed by atoms with Crippen molar-refractivity contribution in [2.75, 3.05) is 13.2 Å². The fourth-order valence-corrected chi connectivity index (χ4v) is 2.63. The van der Waals surface area contributed by atoms with Crippen molar-refractivity contribution in [3.63, 3.8) is 0 Å². The van der Waals surface area contributed by atoms with E-state index in [2.05, 4.69) is 18.8 Å². The highest BCUT2D eigenvalue weighted by Gasteiger charge is 2.32. The van der Waals surface area contributed by atoms with E-state index in [0.717, 1.165) is 12.8 Å². The van der Waals surface area contributed by atoms with E-state index in [-0.39, 0.29) is 23.8 Å². The largest absolute Gasteiger partial charge is 0.477 e. The third-order valence-corrected chi connectivity index (χ3v) is 4.09. The highest BCUT2D eigenvalue weighted by molar-refractivity contribution is 5.94. The van der Waals surface area contributed by atoms with Gasteiger partial charge in [0.05, 0.1) is 18.1 Å². The van der Waals surface area contributed by atoms with Crippen molar-refractivity contribution in [2.45, 2.75) is 39.7 Å². The van der Waals surface area contributed by atoms with Crippen LogP contribution >= 0.6 is 0 Å². The van der Waals surface area contributed by atoms with Gasteiger partial charge in [-0.15, -0.1) is 0 Å². The summed E-state index contributed by atoms with van der Waals surface area (Å²) in [4.78, 5) is 29.9. The highest BCUT2D eigenvalue weighted by atomic mass is 16.5. The van der Waals surface area contributed by atoms with Gasteiger partial charge in [0.2, 0.25) is 11.8 Å². The van der Waals surface area contributed by atoms with Gasteiger partial charge in [-0.3, -0.25) is 9.59 Å². The molecule has 0 radical (unpaired) electrons. The maximum Gasteiger partial charge on any atom is 0.255 e. The van der Waals surface area contributed by atoms with Crippen molar-refractivity contribution in [3.8, 4) is 5.88 Å². The van der Waals surface area contributed by atoms with Crippen molar-refractivity contribution in [1.29, 1.82) is 0 Å². The lowest BCUT2D eigenvalue weighted by Crippen LogP contribution is -2.48. The molecule has 23 heavy (non-hydrogen) atoms. The van der Waals surface area contributed by atoms with Gasteiger partial charge in [0, 0.05) is 24.8 Å². The first-order valence-electron chi connectivity index (χ1n) is 8.07. The second-order valence-electron chi connectivity index (χ2n) is 6.57. The van der Waals surface area contributed by atoms with E-state index in [9.17, 15) is 9.59 Å². The minimum Gasteiger partial charge on any atom is -0.477 e. The molecule has 2 heterocycles. The van der Waals surface area contributed by atoms with Gasteiger partial charge in [0.1, 0.15) is 0 Å². The van der Waals surface area contributed by atoms with Gasteiger partial charge in [0.25, 0.3) is 5.91 Å². The van der Waals surface area contributed by atoms with Crippen molar-refractivity contribution < 1.29 is 14.3 Å². The Morgan fingerprint density at radius 1 is 1.39 bits per heavy atom. The standard InChI is InChI=1S/C17H25N3O3/c1-11(2)10-23-15-7-6-13(8-19-15)17(22)20-9-14(16(18)21)5-4-12(20)3/h6-8,11-12,14H,4-5,9-10H2,1-3H3,(H2,18,21)/t12-,14+/m0/s1. The average molecular weight is 319 g/mol. The van der Waals surface area contributed by atoms with Crippen LogP contribution in [0.5, 0.6) is 5.88 Å². The number of carbonyl (C=O) groups excluding carboxylic acids is 2. The van der Waals surface area contributed by atoms with Crippen molar-refractivity contribution in [3.05, 3.63) is 23.9 Å². The van der Waals surface area contributed by atoms with Crippen LogP contribution in [0.15, 0.2) is 18.3 Å². The van der Waals surface area contributed by atoms with Crippen LogP contribution in [0.1, 0.15) is 44.0 Å². The molecule has 1 fully saturated rings. The molecule has 1 aliphatic heterocycles. The monoisotopic (exact) mass is 319 g/mol. The second-order valence-corrected chi connectivity index (χ2v) is 6.57. The maximum absolute atomic E-state index is 12.6. The van der Waals surface area contributed by atoms with E-state index in [1.54, 1.807) is 17.0 Å². The summed E-state index contributed by atoms with van der Waals surface area (Å²) in [6, 6.07) is 3.51. The first-order valence-corrected chi connectivity index (χ1v) is 8.07. The molecule has 1 aromatic rings. The molecule has 0 unspecified atom stereocenters. The number of amides is 2. The first-order chi connectivity index (χ1) is 10.9. The first kappa shape index (κ1) is 17.2. The Kier molecular flexibility index (Phi) is 5.58. The predicted molar refractivity (Wildman–Crippen MR) is 87.0 cm³/mol. The third-order valence-electron chi connectivity index (χ3n) is 4.09. The van der Waals surface area contributed by atoms with Crippen molar-refractivity contribution >= 4 is 11.8 Å². The molecule has 2 N–H and O–H groups in total. The average Bonchev–Trinajstić information content (AvgIpc) is 2.53. The summed E-state index contributed by atoms with van der Waals surface area (Å²) in [7, 11) is 0. The smallest absolute Gasteiger partial charge is 0.255 e. The Morgan fingerprint density at radius 3 is 2.70 bits per heavy atom. The number of carbonyl (C=O) groups is 2. The molecule has 0 spiro atoms. The van der Waals surface area contributed by atoms with Crippen LogP contribution in [0.25, 0.3) is 0 Å². The Balaban J connectivity index is 2.05. The van der Waals surface area contributed by atoms with E-state index < -0.39 is 0 Å². The number of nitrogens with zero attached hydrogens (tertiary/aromatic N) is 2. The molecule has 0 saturated carbocycles. The van der Waals surface area contributed by atoms with Gasteiger partial charge in [0.15, 0.2) is 0 Å². The summed E-state index contributed by atoms with van der Waals surface area (Å²) in [5, 5.41) is 0. The number of hydrogen-bond acceptors (Lipinski definition) is 4. The summed E-state index contributed by atoms with van der Waals surface area (Å²) in [6.45, 7) is 7.07. The Hall–Kier alpha value is -2.11. The molecule has 0 bridgehead atoms. The number of pyridine rings is 1. The number of nitrogens with two attached hydrogens (primary N) is 1. The Labute approximate surface area is 137 Å². The number of rotatable bonds is 5. The van der Waals surface area contributed by atoms with E-state index in [0.29, 0.717) is 30.5 Å². The molecule has 2 rings (SSSR count). The van der Waals surface area contributed by atoms with Crippen LogP contribution in [-0.4, -0.2) is 40.9 Å². The predicted octanol–water partition coefficient (Wildman–Crippen LogP) is 1.84. The molecule has 2 amide bonds. The highest BCUT2D eigenvalue weighted by Crippen LogP contribution is 2.23. The molecule has 6 heteroatoms. The summed E-state index contributed by atoms with van der Waals surface area (Å²) < 4.78 is 5.52. The zero-order valence-electron chi connectivity index (χ0n) is 14.0. The number of piperidine rings is 1. The number of aromatic nitrogens is 1. The molecule has 1 aromatic heterocycles. The zero-order valence-corrected chi connectivity index (χ0v) is 14.0. The summed E-state index contributed by atoms with van der Waals surface area (Å²) in [6.07, 6.45) is 3.04. The van der Waals surface area contributed by atoms with Crippen LogP contribution in [-0.2, 0) is 4.79 Å². The quantitative estimate of drug-likeness (QED) is 0.897. The van der Waals surface area contributed by atoms with Gasteiger partial charge >= 0.3 is 0 Å². The van der Waals surface area contributed by atoms with Crippen LogP contribution in [0.2, 0.25) is 0 Å². The molecule has 1 saturated heterocycles. The normalized spacial score (nSPS) is 21.3.